The maximum absolute atomic E-state index is 3.99. The third-order valence-electron chi connectivity index (χ3n) is 6.76. The fourth-order valence-electron chi connectivity index (χ4n) is 5.08. The van der Waals surface area contributed by atoms with E-state index in [2.05, 4.69) is 144 Å². The van der Waals surface area contributed by atoms with Crippen molar-refractivity contribution in [3.63, 3.8) is 0 Å². The molecule has 6 aromatic rings. The van der Waals surface area contributed by atoms with Crippen molar-refractivity contribution in [2.45, 2.75) is 13.8 Å². The van der Waals surface area contributed by atoms with Gasteiger partial charge in [-0.1, -0.05) is 78.9 Å². The number of rotatable bonds is 3. The molecular formula is C32H24BrN. The number of nitrogens with zero attached hydrogens (tertiary/aromatic N) is 1. The highest BCUT2D eigenvalue weighted by Crippen LogP contribution is 2.42. The fourth-order valence-corrected chi connectivity index (χ4v) is 5.96. The second-order valence-corrected chi connectivity index (χ2v) is 9.65. The first-order chi connectivity index (χ1) is 16.6. The monoisotopic (exact) mass is 501 g/mol. The SMILES string of the molecule is Cc1ccccc1-c1c(C)ccc(-c2ccc3c(c2)c2ccccc2n3-c2ccccc2)c1Br. The Hall–Kier alpha value is -3.62. The van der Waals surface area contributed by atoms with Crippen LogP contribution in [0.5, 0.6) is 0 Å². The molecule has 34 heavy (non-hydrogen) atoms. The quantitative estimate of drug-likeness (QED) is 0.227. The van der Waals surface area contributed by atoms with Crippen LogP contribution in [0.15, 0.2) is 114 Å². The summed E-state index contributed by atoms with van der Waals surface area (Å²) < 4.78 is 3.50. The first-order valence-electron chi connectivity index (χ1n) is 11.6. The number of hydrogen-bond acceptors (Lipinski definition) is 0. The molecule has 0 aliphatic rings. The summed E-state index contributed by atoms with van der Waals surface area (Å²) in [5.41, 5.74) is 11.1. The minimum absolute atomic E-state index is 1.15. The second-order valence-electron chi connectivity index (χ2n) is 8.85. The van der Waals surface area contributed by atoms with E-state index in [1.165, 1.54) is 60.9 Å². The van der Waals surface area contributed by atoms with Gasteiger partial charge in [0, 0.05) is 20.9 Å². The van der Waals surface area contributed by atoms with Gasteiger partial charge in [0.25, 0.3) is 0 Å². The smallest absolute Gasteiger partial charge is 0.0541 e. The Morgan fingerprint density at radius 3 is 2.09 bits per heavy atom. The van der Waals surface area contributed by atoms with Gasteiger partial charge in [0.05, 0.1) is 11.0 Å². The topological polar surface area (TPSA) is 4.93 Å². The Labute approximate surface area is 208 Å². The zero-order valence-electron chi connectivity index (χ0n) is 19.2. The van der Waals surface area contributed by atoms with Crippen LogP contribution >= 0.6 is 15.9 Å². The predicted molar refractivity (Wildman–Crippen MR) is 149 cm³/mol. The molecule has 0 radical (unpaired) electrons. The summed E-state index contributed by atoms with van der Waals surface area (Å²) in [5.74, 6) is 0. The fraction of sp³-hybridized carbons (Fsp3) is 0.0625. The molecule has 0 spiro atoms. The number of para-hydroxylation sites is 2. The van der Waals surface area contributed by atoms with E-state index in [0.717, 1.165) is 4.47 Å². The van der Waals surface area contributed by atoms with Crippen LogP contribution in [0.25, 0.3) is 49.7 Å². The van der Waals surface area contributed by atoms with Crippen molar-refractivity contribution in [2.24, 2.45) is 0 Å². The van der Waals surface area contributed by atoms with Crippen molar-refractivity contribution >= 4 is 37.7 Å². The van der Waals surface area contributed by atoms with E-state index in [9.17, 15) is 0 Å². The van der Waals surface area contributed by atoms with E-state index < -0.39 is 0 Å². The van der Waals surface area contributed by atoms with Crippen LogP contribution in [0.4, 0.5) is 0 Å². The third-order valence-corrected chi connectivity index (χ3v) is 7.59. The van der Waals surface area contributed by atoms with Crippen LogP contribution < -0.4 is 0 Å². The lowest BCUT2D eigenvalue weighted by Crippen LogP contribution is -1.93. The standard InChI is InChI=1S/C32H24BrN/c1-21-10-6-7-13-25(21)31-22(2)16-18-26(32(31)33)23-17-19-30-28(20-23)27-14-8-9-15-29(27)34(30)24-11-4-3-5-12-24/h3-20H,1-2H3. The summed E-state index contributed by atoms with van der Waals surface area (Å²) in [6.07, 6.45) is 0. The number of aromatic nitrogens is 1. The van der Waals surface area contributed by atoms with Crippen LogP contribution in [0, 0.1) is 13.8 Å². The lowest BCUT2D eigenvalue weighted by molar-refractivity contribution is 1.18. The van der Waals surface area contributed by atoms with Crippen LogP contribution in [0.1, 0.15) is 11.1 Å². The van der Waals surface area contributed by atoms with Crippen molar-refractivity contribution in [2.75, 3.05) is 0 Å². The third kappa shape index (κ3) is 3.29. The number of halogens is 1. The summed E-state index contributed by atoms with van der Waals surface area (Å²) in [7, 11) is 0. The van der Waals surface area contributed by atoms with Gasteiger partial charge in [0.2, 0.25) is 0 Å². The van der Waals surface area contributed by atoms with Gasteiger partial charge in [0.15, 0.2) is 0 Å². The highest BCUT2D eigenvalue weighted by Gasteiger charge is 2.17. The van der Waals surface area contributed by atoms with E-state index in [4.69, 9.17) is 0 Å². The van der Waals surface area contributed by atoms with Crippen LogP contribution in [-0.2, 0) is 0 Å². The maximum atomic E-state index is 3.99. The average Bonchev–Trinajstić information content (AvgIpc) is 3.19. The molecule has 0 atom stereocenters. The average molecular weight is 502 g/mol. The molecule has 1 nitrogen and oxygen atoms in total. The Bertz CT molecular complexity index is 1680. The van der Waals surface area contributed by atoms with Gasteiger partial charge in [-0.15, -0.1) is 0 Å². The Kier molecular flexibility index (Phi) is 5.12. The number of aryl methyl sites for hydroxylation is 2. The van der Waals surface area contributed by atoms with E-state index in [0.29, 0.717) is 0 Å². The van der Waals surface area contributed by atoms with Gasteiger partial charge in [-0.3, -0.25) is 0 Å². The van der Waals surface area contributed by atoms with Gasteiger partial charge in [0.1, 0.15) is 0 Å². The number of hydrogen-bond donors (Lipinski definition) is 0. The van der Waals surface area contributed by atoms with Gasteiger partial charge >= 0.3 is 0 Å². The van der Waals surface area contributed by atoms with E-state index in [1.807, 2.05) is 0 Å². The summed E-state index contributed by atoms with van der Waals surface area (Å²) in [6, 6.07) is 39.2. The molecule has 0 unspecified atom stereocenters. The van der Waals surface area contributed by atoms with E-state index in [1.54, 1.807) is 0 Å². The molecule has 5 aromatic carbocycles. The van der Waals surface area contributed by atoms with Crippen LogP contribution in [0.2, 0.25) is 0 Å². The lowest BCUT2D eigenvalue weighted by Gasteiger charge is -2.16. The summed E-state index contributed by atoms with van der Waals surface area (Å²) in [5, 5.41) is 2.53. The molecule has 0 amide bonds. The minimum Gasteiger partial charge on any atom is -0.309 e. The molecule has 0 aliphatic heterocycles. The first kappa shape index (κ1) is 20.9. The summed E-state index contributed by atoms with van der Waals surface area (Å²) in [4.78, 5) is 0. The molecule has 1 aromatic heterocycles. The van der Waals surface area contributed by atoms with Crippen LogP contribution in [-0.4, -0.2) is 4.57 Å². The minimum atomic E-state index is 1.15. The Balaban J connectivity index is 1.60. The van der Waals surface area contributed by atoms with E-state index in [-0.39, 0.29) is 0 Å². The first-order valence-corrected chi connectivity index (χ1v) is 12.4. The molecule has 0 saturated heterocycles. The van der Waals surface area contributed by atoms with Gasteiger partial charge in [-0.05, 0) is 93.5 Å². The molecular weight excluding hydrogens is 478 g/mol. The van der Waals surface area contributed by atoms with Gasteiger partial charge < -0.3 is 4.57 Å². The molecule has 2 heteroatoms. The van der Waals surface area contributed by atoms with Crippen molar-refractivity contribution in [3.8, 4) is 27.9 Å². The van der Waals surface area contributed by atoms with Crippen molar-refractivity contribution < 1.29 is 0 Å². The lowest BCUT2D eigenvalue weighted by atomic mass is 9.92. The molecule has 1 heterocycles. The Morgan fingerprint density at radius 2 is 1.26 bits per heavy atom. The molecule has 0 aliphatic carbocycles. The normalized spacial score (nSPS) is 11.4. The molecule has 0 bridgehead atoms. The molecule has 0 fully saturated rings. The van der Waals surface area contributed by atoms with Gasteiger partial charge in [-0.2, -0.15) is 0 Å². The highest BCUT2D eigenvalue weighted by atomic mass is 79.9. The van der Waals surface area contributed by atoms with Crippen molar-refractivity contribution in [1.82, 2.24) is 4.57 Å². The maximum Gasteiger partial charge on any atom is 0.0541 e. The summed E-state index contributed by atoms with van der Waals surface area (Å²) >= 11 is 3.99. The second kappa shape index (κ2) is 8.30. The zero-order valence-corrected chi connectivity index (χ0v) is 20.8. The van der Waals surface area contributed by atoms with Crippen molar-refractivity contribution in [3.05, 3.63) is 125 Å². The largest absolute Gasteiger partial charge is 0.309 e. The van der Waals surface area contributed by atoms with Crippen molar-refractivity contribution in [1.29, 1.82) is 0 Å². The van der Waals surface area contributed by atoms with Crippen LogP contribution in [0.3, 0.4) is 0 Å². The molecule has 6 rings (SSSR count). The summed E-state index contributed by atoms with van der Waals surface area (Å²) in [6.45, 7) is 4.37. The number of fused-ring (bicyclic) bond motifs is 3. The Morgan fingerprint density at radius 1 is 0.559 bits per heavy atom. The molecule has 164 valence electrons. The van der Waals surface area contributed by atoms with E-state index >= 15 is 0 Å². The van der Waals surface area contributed by atoms with Gasteiger partial charge in [-0.25, -0.2) is 0 Å². The molecule has 0 N–H and O–H groups in total. The predicted octanol–water partition coefficient (Wildman–Crippen LogP) is 9.50. The zero-order chi connectivity index (χ0) is 23.2. The molecule has 0 saturated carbocycles. The highest BCUT2D eigenvalue weighted by molar-refractivity contribution is 9.10. The number of benzene rings is 5.